The molecule has 3 N–H and O–H groups in total. The first kappa shape index (κ1) is 15.0. The Bertz CT molecular complexity index is 515. The Labute approximate surface area is 107 Å². The van der Waals surface area contributed by atoms with Gasteiger partial charge < -0.3 is 14.8 Å². The fourth-order valence-corrected chi connectivity index (χ4v) is 2.89. The van der Waals surface area contributed by atoms with E-state index >= 15 is 0 Å². The highest BCUT2D eigenvalue weighted by molar-refractivity contribution is 7.89. The van der Waals surface area contributed by atoms with E-state index in [0.29, 0.717) is 0 Å². The van der Waals surface area contributed by atoms with E-state index in [-0.39, 0.29) is 22.1 Å². The quantitative estimate of drug-likeness (QED) is 0.602. The smallest absolute Gasteiger partial charge is 0.488 e. The molecule has 1 aromatic rings. The molecule has 0 fully saturated rings. The first-order chi connectivity index (χ1) is 8.27. The van der Waals surface area contributed by atoms with Gasteiger partial charge in [-0.05, 0) is 31.4 Å². The van der Waals surface area contributed by atoms with Crippen LogP contribution < -0.4 is 14.9 Å². The van der Waals surface area contributed by atoms with E-state index in [0.717, 1.165) is 0 Å². The molecule has 0 unspecified atom stereocenters. The summed E-state index contributed by atoms with van der Waals surface area (Å²) < 4.78 is 31.5. The Kier molecular flexibility index (Phi) is 4.74. The SMILES string of the molecule is COc1ccc(B(O)O)cc1S(=O)(=O)NC(C)C. The Balaban J connectivity index is 3.32. The van der Waals surface area contributed by atoms with Gasteiger partial charge in [-0.25, -0.2) is 13.1 Å². The molecule has 0 aliphatic heterocycles. The molecule has 1 aromatic carbocycles. The van der Waals surface area contributed by atoms with Gasteiger partial charge in [-0.3, -0.25) is 0 Å². The van der Waals surface area contributed by atoms with Crippen molar-refractivity contribution in [3.05, 3.63) is 18.2 Å². The summed E-state index contributed by atoms with van der Waals surface area (Å²) in [6.45, 7) is 3.38. The van der Waals surface area contributed by atoms with Crippen molar-refractivity contribution in [2.75, 3.05) is 7.11 Å². The van der Waals surface area contributed by atoms with Gasteiger partial charge in [-0.2, -0.15) is 0 Å². The molecule has 0 spiro atoms. The van der Waals surface area contributed by atoms with E-state index in [1.165, 1.54) is 25.3 Å². The molecule has 0 aliphatic rings. The van der Waals surface area contributed by atoms with Crippen LogP contribution in [0.15, 0.2) is 23.1 Å². The summed E-state index contributed by atoms with van der Waals surface area (Å²) in [6, 6.07) is 3.66. The van der Waals surface area contributed by atoms with E-state index in [1.54, 1.807) is 13.8 Å². The van der Waals surface area contributed by atoms with Crippen LogP contribution in [0.5, 0.6) is 5.75 Å². The lowest BCUT2D eigenvalue weighted by molar-refractivity contribution is 0.401. The minimum atomic E-state index is -3.76. The molecule has 0 aromatic heterocycles. The molecule has 0 radical (unpaired) electrons. The van der Waals surface area contributed by atoms with Crippen molar-refractivity contribution in [2.24, 2.45) is 0 Å². The number of sulfonamides is 1. The lowest BCUT2D eigenvalue weighted by Gasteiger charge is -2.13. The molecule has 0 aliphatic carbocycles. The number of nitrogens with one attached hydrogen (secondary N) is 1. The maximum Gasteiger partial charge on any atom is 0.488 e. The summed E-state index contributed by atoms with van der Waals surface area (Å²) in [5.74, 6) is 0.146. The molecule has 18 heavy (non-hydrogen) atoms. The van der Waals surface area contributed by atoms with Crippen LogP contribution in [0, 0.1) is 0 Å². The third-order valence-corrected chi connectivity index (χ3v) is 3.85. The molecule has 100 valence electrons. The molecule has 6 nitrogen and oxygen atoms in total. The van der Waals surface area contributed by atoms with E-state index in [1.807, 2.05) is 0 Å². The minimum absolute atomic E-state index is 0.0833. The van der Waals surface area contributed by atoms with Crippen molar-refractivity contribution >= 4 is 22.6 Å². The van der Waals surface area contributed by atoms with E-state index in [2.05, 4.69) is 4.72 Å². The Hall–Kier alpha value is -1.09. The molecule has 0 amide bonds. The van der Waals surface area contributed by atoms with Crippen molar-refractivity contribution in [3.63, 3.8) is 0 Å². The molecule has 0 bridgehead atoms. The summed E-state index contributed by atoms with van der Waals surface area (Å²) in [6.07, 6.45) is 0. The van der Waals surface area contributed by atoms with Crippen LogP contribution >= 0.6 is 0 Å². The zero-order valence-electron chi connectivity index (χ0n) is 10.4. The minimum Gasteiger partial charge on any atom is -0.495 e. The lowest BCUT2D eigenvalue weighted by Crippen LogP contribution is -2.34. The second-order valence-electron chi connectivity index (χ2n) is 4.06. The average Bonchev–Trinajstić information content (AvgIpc) is 2.26. The number of hydrogen-bond acceptors (Lipinski definition) is 5. The highest BCUT2D eigenvalue weighted by Gasteiger charge is 2.23. The topological polar surface area (TPSA) is 95.9 Å². The van der Waals surface area contributed by atoms with Gasteiger partial charge in [0.2, 0.25) is 10.0 Å². The van der Waals surface area contributed by atoms with Crippen molar-refractivity contribution < 1.29 is 23.2 Å². The highest BCUT2D eigenvalue weighted by atomic mass is 32.2. The number of rotatable bonds is 5. The summed E-state index contributed by atoms with van der Waals surface area (Å²) in [7, 11) is -4.14. The fraction of sp³-hybridized carbons (Fsp3) is 0.400. The van der Waals surface area contributed by atoms with Crippen LogP contribution in [0.4, 0.5) is 0 Å². The van der Waals surface area contributed by atoms with Crippen molar-refractivity contribution in [1.82, 2.24) is 4.72 Å². The van der Waals surface area contributed by atoms with Gasteiger partial charge in [0.1, 0.15) is 10.6 Å². The fourth-order valence-electron chi connectivity index (χ4n) is 1.44. The van der Waals surface area contributed by atoms with Crippen LogP contribution in [0.2, 0.25) is 0 Å². The summed E-state index contributed by atoms with van der Waals surface area (Å²) in [4.78, 5) is -0.121. The number of benzene rings is 1. The van der Waals surface area contributed by atoms with Crippen LogP contribution in [0.1, 0.15) is 13.8 Å². The Morgan fingerprint density at radius 2 is 1.94 bits per heavy atom. The summed E-state index contributed by atoms with van der Waals surface area (Å²) in [5.41, 5.74) is 0.0833. The predicted molar refractivity (Wildman–Crippen MR) is 68.3 cm³/mol. The summed E-state index contributed by atoms with van der Waals surface area (Å²) in [5, 5.41) is 18.1. The molecule has 0 heterocycles. The van der Waals surface area contributed by atoms with Crippen molar-refractivity contribution in [1.29, 1.82) is 0 Å². The molecule has 0 atom stereocenters. The maximum atomic E-state index is 12.0. The molecule has 1 rings (SSSR count). The molecular formula is C10H16BNO5S. The highest BCUT2D eigenvalue weighted by Crippen LogP contribution is 2.22. The number of hydrogen-bond donors (Lipinski definition) is 3. The van der Waals surface area contributed by atoms with Crippen LogP contribution in [0.3, 0.4) is 0 Å². The van der Waals surface area contributed by atoms with Gasteiger partial charge in [0.25, 0.3) is 0 Å². The second kappa shape index (κ2) is 5.70. The molecular weight excluding hydrogens is 257 g/mol. The van der Waals surface area contributed by atoms with Crippen LogP contribution in [-0.2, 0) is 10.0 Å². The zero-order valence-corrected chi connectivity index (χ0v) is 11.2. The number of ether oxygens (including phenoxy) is 1. The Morgan fingerprint density at radius 1 is 1.33 bits per heavy atom. The van der Waals surface area contributed by atoms with E-state index < -0.39 is 17.1 Å². The van der Waals surface area contributed by atoms with Gasteiger partial charge in [0.15, 0.2) is 0 Å². The van der Waals surface area contributed by atoms with Crippen LogP contribution in [-0.4, -0.2) is 38.7 Å². The summed E-state index contributed by atoms with van der Waals surface area (Å²) >= 11 is 0. The maximum absolute atomic E-state index is 12.0. The van der Waals surface area contributed by atoms with E-state index in [4.69, 9.17) is 14.8 Å². The van der Waals surface area contributed by atoms with Gasteiger partial charge in [0.05, 0.1) is 7.11 Å². The Morgan fingerprint density at radius 3 is 2.39 bits per heavy atom. The molecule has 0 saturated heterocycles. The average molecular weight is 273 g/mol. The van der Waals surface area contributed by atoms with Gasteiger partial charge >= 0.3 is 7.12 Å². The first-order valence-corrected chi connectivity index (χ1v) is 6.82. The zero-order chi connectivity index (χ0) is 13.9. The largest absolute Gasteiger partial charge is 0.495 e. The van der Waals surface area contributed by atoms with Gasteiger partial charge in [-0.15, -0.1) is 0 Å². The third kappa shape index (κ3) is 3.45. The normalized spacial score (nSPS) is 11.7. The van der Waals surface area contributed by atoms with Crippen molar-refractivity contribution in [3.8, 4) is 5.75 Å². The molecule has 0 saturated carbocycles. The second-order valence-corrected chi connectivity index (χ2v) is 5.74. The number of methoxy groups -OCH3 is 1. The van der Waals surface area contributed by atoms with Crippen molar-refractivity contribution in [2.45, 2.75) is 24.8 Å². The van der Waals surface area contributed by atoms with Gasteiger partial charge in [-0.1, -0.05) is 6.07 Å². The van der Waals surface area contributed by atoms with Crippen LogP contribution in [0.25, 0.3) is 0 Å². The standard InChI is InChI=1S/C10H16BNO5S/c1-7(2)12-18(15,16)10-6-8(11(13)14)4-5-9(10)17-3/h4-7,12-14H,1-3H3. The van der Waals surface area contributed by atoms with Gasteiger partial charge in [0, 0.05) is 6.04 Å². The lowest BCUT2D eigenvalue weighted by atomic mass is 9.80. The third-order valence-electron chi connectivity index (χ3n) is 2.17. The predicted octanol–water partition coefficient (Wildman–Crippen LogP) is -0.938. The first-order valence-electron chi connectivity index (χ1n) is 5.34. The van der Waals surface area contributed by atoms with E-state index in [9.17, 15) is 8.42 Å². The molecule has 8 heteroatoms. The monoisotopic (exact) mass is 273 g/mol.